The van der Waals surface area contributed by atoms with Crippen molar-refractivity contribution in [2.75, 3.05) is 13.1 Å². The van der Waals surface area contributed by atoms with Crippen molar-refractivity contribution in [3.05, 3.63) is 39.7 Å². The fraction of sp³-hybridized carbons (Fsp3) is 0.471. The van der Waals surface area contributed by atoms with E-state index in [1.807, 2.05) is 6.92 Å². The third-order valence-electron chi connectivity index (χ3n) is 4.24. The zero-order chi connectivity index (χ0) is 15.9. The molecule has 1 saturated heterocycles. The van der Waals surface area contributed by atoms with Crippen LogP contribution in [0, 0.1) is 6.92 Å². The Hall–Kier alpha value is -1.85. The lowest BCUT2D eigenvalue weighted by molar-refractivity contribution is -0.928. The summed E-state index contributed by atoms with van der Waals surface area (Å²) >= 11 is 0. The number of aromatic hydroxyl groups is 1. The van der Waals surface area contributed by atoms with Gasteiger partial charge in [0.1, 0.15) is 37.6 Å². The van der Waals surface area contributed by atoms with Crippen LogP contribution >= 0.6 is 0 Å². The van der Waals surface area contributed by atoms with E-state index < -0.39 is 0 Å². The van der Waals surface area contributed by atoms with E-state index >= 15 is 0 Å². The van der Waals surface area contributed by atoms with Crippen molar-refractivity contribution in [1.82, 2.24) is 0 Å². The molecule has 0 aliphatic carbocycles. The quantitative estimate of drug-likeness (QED) is 0.813. The number of ether oxygens (including phenoxy) is 1. The summed E-state index contributed by atoms with van der Waals surface area (Å²) in [7, 11) is 0. The Kier molecular flexibility index (Phi) is 3.93. The minimum absolute atomic E-state index is 0.181. The summed E-state index contributed by atoms with van der Waals surface area (Å²) in [6.07, 6.45) is 0.370. The Morgan fingerprint density at radius 1 is 1.27 bits per heavy atom. The second-order valence-corrected chi connectivity index (χ2v) is 6.28. The number of phenols is 1. The Balaban J connectivity index is 2.02. The maximum atomic E-state index is 11.7. The maximum absolute atomic E-state index is 11.7. The Bertz CT molecular complexity index is 742. The topological polar surface area (TPSA) is 64.1 Å². The number of rotatable bonds is 2. The molecule has 2 N–H and O–H groups in total. The number of fused-ring (bicyclic) bond motifs is 1. The summed E-state index contributed by atoms with van der Waals surface area (Å²) in [5.74, 6) is 0.181. The van der Waals surface area contributed by atoms with Crippen molar-refractivity contribution in [2.45, 2.75) is 39.5 Å². The van der Waals surface area contributed by atoms with Gasteiger partial charge in [-0.2, -0.15) is 0 Å². The molecule has 1 aromatic heterocycles. The third-order valence-corrected chi connectivity index (χ3v) is 4.24. The first-order chi connectivity index (χ1) is 10.4. The summed E-state index contributed by atoms with van der Waals surface area (Å²) < 4.78 is 11.1. The highest BCUT2D eigenvalue weighted by Crippen LogP contribution is 2.27. The standard InChI is InChI=1S/C17H21NO4/c1-10-6-16(20)22-17-13(10)4-5-15(19)14(17)9-18-7-11(2)21-12(3)8-18/h4-6,11-12,19H,7-9H2,1-3H3/p+1/t11-,12+. The van der Waals surface area contributed by atoms with Crippen LogP contribution in [0.3, 0.4) is 0 Å². The van der Waals surface area contributed by atoms with Crippen LogP contribution in [-0.4, -0.2) is 30.4 Å². The molecule has 2 heterocycles. The molecule has 1 aliphatic rings. The number of nitrogens with one attached hydrogen (secondary N) is 1. The smallest absolute Gasteiger partial charge is 0.336 e. The van der Waals surface area contributed by atoms with Gasteiger partial charge in [-0.3, -0.25) is 0 Å². The minimum Gasteiger partial charge on any atom is -0.507 e. The fourth-order valence-corrected chi connectivity index (χ4v) is 3.38. The molecule has 3 rings (SSSR count). The van der Waals surface area contributed by atoms with E-state index in [1.165, 1.54) is 11.0 Å². The molecule has 118 valence electrons. The highest BCUT2D eigenvalue weighted by Gasteiger charge is 2.27. The summed E-state index contributed by atoms with van der Waals surface area (Å²) in [5.41, 5.74) is 1.70. The average Bonchev–Trinajstić information content (AvgIpc) is 2.41. The van der Waals surface area contributed by atoms with Gasteiger partial charge in [0.25, 0.3) is 0 Å². The Labute approximate surface area is 129 Å². The molecule has 3 atom stereocenters. The minimum atomic E-state index is -0.379. The van der Waals surface area contributed by atoms with Gasteiger partial charge < -0.3 is 19.2 Å². The van der Waals surface area contributed by atoms with Gasteiger partial charge in [0.15, 0.2) is 5.58 Å². The van der Waals surface area contributed by atoms with Gasteiger partial charge in [0.05, 0.1) is 5.56 Å². The molecule has 0 amide bonds. The molecule has 1 unspecified atom stereocenters. The van der Waals surface area contributed by atoms with Gasteiger partial charge in [-0.15, -0.1) is 0 Å². The van der Waals surface area contributed by atoms with E-state index in [0.717, 1.165) is 24.0 Å². The number of benzene rings is 1. The molecule has 5 nitrogen and oxygen atoms in total. The first-order valence-electron chi connectivity index (χ1n) is 7.68. The summed E-state index contributed by atoms with van der Waals surface area (Å²) in [6.45, 7) is 8.36. The predicted molar refractivity (Wildman–Crippen MR) is 83.3 cm³/mol. The van der Waals surface area contributed by atoms with Crippen LogP contribution in [-0.2, 0) is 11.3 Å². The van der Waals surface area contributed by atoms with E-state index in [0.29, 0.717) is 17.7 Å². The number of morpholine rings is 1. The van der Waals surface area contributed by atoms with E-state index in [-0.39, 0.29) is 23.6 Å². The fourth-order valence-electron chi connectivity index (χ4n) is 3.38. The lowest BCUT2D eigenvalue weighted by Crippen LogP contribution is -3.14. The van der Waals surface area contributed by atoms with Crippen LogP contribution in [0.1, 0.15) is 25.0 Å². The molecule has 1 aromatic carbocycles. The molecule has 0 radical (unpaired) electrons. The van der Waals surface area contributed by atoms with Crippen LogP contribution in [0.2, 0.25) is 0 Å². The van der Waals surface area contributed by atoms with Crippen LogP contribution < -0.4 is 10.5 Å². The first kappa shape index (κ1) is 15.1. The summed E-state index contributed by atoms with van der Waals surface area (Å²) in [4.78, 5) is 13.0. The van der Waals surface area contributed by atoms with Crippen LogP contribution in [0.5, 0.6) is 5.75 Å². The van der Waals surface area contributed by atoms with E-state index in [2.05, 4.69) is 13.8 Å². The van der Waals surface area contributed by atoms with E-state index in [4.69, 9.17) is 9.15 Å². The first-order valence-corrected chi connectivity index (χ1v) is 7.68. The molecule has 22 heavy (non-hydrogen) atoms. The SMILES string of the molecule is Cc1cc(=O)oc2c(C[NH+]3C[C@@H](C)O[C@@H](C)C3)c(O)ccc12. The van der Waals surface area contributed by atoms with Crippen LogP contribution in [0.25, 0.3) is 11.0 Å². The van der Waals surface area contributed by atoms with Crippen LogP contribution in [0.4, 0.5) is 0 Å². The zero-order valence-corrected chi connectivity index (χ0v) is 13.2. The highest BCUT2D eigenvalue weighted by molar-refractivity contribution is 5.84. The second-order valence-electron chi connectivity index (χ2n) is 6.28. The second kappa shape index (κ2) is 5.74. The summed E-state index contributed by atoms with van der Waals surface area (Å²) in [6, 6.07) is 4.96. The normalized spacial score (nSPS) is 25.5. The molecule has 0 saturated carbocycles. The van der Waals surface area contributed by atoms with Gasteiger partial charge >= 0.3 is 5.63 Å². The molecule has 0 bridgehead atoms. The molecular weight excluding hydrogens is 282 g/mol. The average molecular weight is 304 g/mol. The lowest BCUT2D eigenvalue weighted by Gasteiger charge is -2.32. The van der Waals surface area contributed by atoms with Crippen molar-refractivity contribution in [3.8, 4) is 5.75 Å². The molecule has 5 heteroatoms. The van der Waals surface area contributed by atoms with E-state index in [1.54, 1.807) is 12.1 Å². The van der Waals surface area contributed by atoms with Crippen molar-refractivity contribution >= 4 is 11.0 Å². The van der Waals surface area contributed by atoms with Crippen molar-refractivity contribution in [3.63, 3.8) is 0 Å². The molecule has 1 fully saturated rings. The van der Waals surface area contributed by atoms with Crippen LogP contribution in [0.15, 0.2) is 27.4 Å². The van der Waals surface area contributed by atoms with Gasteiger partial charge in [-0.25, -0.2) is 4.79 Å². The summed E-state index contributed by atoms with van der Waals surface area (Å²) in [5, 5.41) is 11.1. The number of aryl methyl sites for hydroxylation is 1. The number of phenolic OH excluding ortho intramolecular Hbond substituents is 1. The van der Waals surface area contributed by atoms with E-state index in [9.17, 15) is 9.90 Å². The Morgan fingerprint density at radius 2 is 1.95 bits per heavy atom. The number of hydrogen-bond acceptors (Lipinski definition) is 4. The molecule has 0 spiro atoms. The lowest BCUT2D eigenvalue weighted by atomic mass is 10.1. The highest BCUT2D eigenvalue weighted by atomic mass is 16.5. The van der Waals surface area contributed by atoms with Gasteiger partial charge in [-0.1, -0.05) is 0 Å². The molecule has 2 aromatic rings. The largest absolute Gasteiger partial charge is 0.507 e. The van der Waals surface area contributed by atoms with Crippen molar-refractivity contribution in [1.29, 1.82) is 0 Å². The van der Waals surface area contributed by atoms with Gasteiger partial charge in [-0.05, 0) is 38.5 Å². The monoisotopic (exact) mass is 304 g/mol. The number of hydrogen-bond donors (Lipinski definition) is 2. The van der Waals surface area contributed by atoms with Gasteiger partial charge in [0.2, 0.25) is 0 Å². The molecular formula is C17H22NO4+. The zero-order valence-electron chi connectivity index (χ0n) is 13.2. The molecule has 1 aliphatic heterocycles. The third kappa shape index (κ3) is 2.87. The maximum Gasteiger partial charge on any atom is 0.336 e. The number of quaternary nitrogens is 1. The van der Waals surface area contributed by atoms with Crippen molar-refractivity contribution in [2.24, 2.45) is 0 Å². The van der Waals surface area contributed by atoms with Gasteiger partial charge in [0, 0.05) is 11.5 Å². The predicted octanol–water partition coefficient (Wildman–Crippen LogP) is 0.999. The van der Waals surface area contributed by atoms with Crippen molar-refractivity contribution < 1.29 is 19.2 Å². The Morgan fingerprint density at radius 3 is 2.64 bits per heavy atom.